The Morgan fingerprint density at radius 3 is 2.43 bits per heavy atom. The van der Waals surface area contributed by atoms with E-state index in [4.69, 9.17) is 0 Å². The van der Waals surface area contributed by atoms with Crippen LogP contribution in [0, 0.1) is 0 Å². The molecule has 10 heteroatoms. The highest BCUT2D eigenvalue weighted by molar-refractivity contribution is 8.16. The number of sulfone groups is 1. The van der Waals surface area contributed by atoms with Crippen LogP contribution in [0.5, 0.6) is 0 Å². The first-order chi connectivity index (χ1) is 14.1. The standard InChI is InChI=1S/C20H17F3N2O3S2/c21-20(22,23)14-8-4-5-9-15(14)25-16-11-30(27,28)12-17(16)29-19(25)24-18(26)10-13-6-2-1-3-7-13/h1-9,16-17H,10-12H2/t16-,17-/m0/s1. The molecule has 2 atom stereocenters. The Kier molecular flexibility index (Phi) is 5.39. The number of hydrogen-bond acceptors (Lipinski definition) is 4. The third-order valence-corrected chi connectivity index (χ3v) is 8.16. The van der Waals surface area contributed by atoms with Crippen LogP contribution in [0.4, 0.5) is 18.9 Å². The minimum absolute atomic E-state index is 0.00723. The van der Waals surface area contributed by atoms with Crippen molar-refractivity contribution >= 4 is 38.4 Å². The lowest BCUT2D eigenvalue weighted by molar-refractivity contribution is -0.137. The van der Waals surface area contributed by atoms with Gasteiger partial charge in [-0.3, -0.25) is 4.79 Å². The molecule has 0 radical (unpaired) electrons. The zero-order valence-corrected chi connectivity index (χ0v) is 17.2. The summed E-state index contributed by atoms with van der Waals surface area (Å²) in [7, 11) is -3.38. The number of para-hydroxylation sites is 1. The minimum Gasteiger partial charge on any atom is -0.315 e. The molecule has 2 saturated heterocycles. The lowest BCUT2D eigenvalue weighted by atomic mass is 10.1. The van der Waals surface area contributed by atoms with Gasteiger partial charge in [-0.25, -0.2) is 8.42 Å². The molecule has 0 N–H and O–H groups in total. The van der Waals surface area contributed by atoms with Crippen LogP contribution in [0.2, 0.25) is 0 Å². The van der Waals surface area contributed by atoms with Crippen LogP contribution in [0.25, 0.3) is 0 Å². The Morgan fingerprint density at radius 1 is 1.07 bits per heavy atom. The van der Waals surface area contributed by atoms with Gasteiger partial charge in [0.2, 0.25) is 0 Å². The van der Waals surface area contributed by atoms with E-state index >= 15 is 0 Å². The van der Waals surface area contributed by atoms with Gasteiger partial charge in [0.1, 0.15) is 0 Å². The Balaban J connectivity index is 1.73. The molecule has 4 rings (SSSR count). The van der Waals surface area contributed by atoms with Crippen molar-refractivity contribution in [2.75, 3.05) is 16.4 Å². The van der Waals surface area contributed by atoms with Crippen molar-refractivity contribution in [3.63, 3.8) is 0 Å². The number of amides is 1. The van der Waals surface area contributed by atoms with E-state index in [1.54, 1.807) is 24.3 Å². The fraction of sp³-hybridized carbons (Fsp3) is 0.300. The molecule has 2 heterocycles. The van der Waals surface area contributed by atoms with Gasteiger partial charge >= 0.3 is 6.18 Å². The predicted molar refractivity (Wildman–Crippen MR) is 110 cm³/mol. The summed E-state index contributed by atoms with van der Waals surface area (Å²) in [5, 5.41) is -0.364. The Hall–Kier alpha value is -2.33. The smallest absolute Gasteiger partial charge is 0.315 e. The molecule has 0 spiro atoms. The molecule has 5 nitrogen and oxygen atoms in total. The number of alkyl halides is 3. The van der Waals surface area contributed by atoms with Crippen molar-refractivity contribution < 1.29 is 26.4 Å². The molecule has 2 aromatic rings. The molecule has 0 aliphatic carbocycles. The van der Waals surface area contributed by atoms with E-state index in [-0.39, 0.29) is 28.8 Å². The highest BCUT2D eigenvalue weighted by Crippen LogP contribution is 2.45. The van der Waals surface area contributed by atoms with E-state index in [9.17, 15) is 26.4 Å². The zero-order valence-electron chi connectivity index (χ0n) is 15.5. The van der Waals surface area contributed by atoms with Crippen molar-refractivity contribution in [3.8, 4) is 0 Å². The van der Waals surface area contributed by atoms with Crippen LogP contribution >= 0.6 is 11.8 Å². The van der Waals surface area contributed by atoms with Crippen molar-refractivity contribution in [1.29, 1.82) is 0 Å². The summed E-state index contributed by atoms with van der Waals surface area (Å²) in [6, 6.07) is 13.1. The number of carbonyl (C=O) groups excluding carboxylic acids is 1. The molecule has 0 saturated carbocycles. The number of thioether (sulfide) groups is 1. The fourth-order valence-corrected chi connectivity index (χ4v) is 7.61. The highest BCUT2D eigenvalue weighted by atomic mass is 32.2. The van der Waals surface area contributed by atoms with Gasteiger partial charge in [-0.05, 0) is 17.7 Å². The summed E-state index contributed by atoms with van der Waals surface area (Å²) in [6.07, 6.45) is -4.62. The Bertz CT molecular complexity index is 1100. The highest BCUT2D eigenvalue weighted by Gasteiger charge is 2.51. The third-order valence-electron chi connectivity index (χ3n) is 4.95. The molecule has 0 bridgehead atoms. The third kappa shape index (κ3) is 4.24. The maximum atomic E-state index is 13.6. The van der Waals surface area contributed by atoms with Crippen LogP contribution in [0.1, 0.15) is 11.1 Å². The van der Waals surface area contributed by atoms with Gasteiger partial charge in [-0.1, -0.05) is 54.2 Å². The number of halogens is 3. The molecule has 2 aliphatic heterocycles. The fourth-order valence-electron chi connectivity index (χ4n) is 3.69. The van der Waals surface area contributed by atoms with Gasteiger partial charge in [-0.2, -0.15) is 18.2 Å². The van der Waals surface area contributed by atoms with E-state index in [1.165, 1.54) is 23.1 Å². The summed E-state index contributed by atoms with van der Waals surface area (Å²) >= 11 is 1.05. The summed E-state index contributed by atoms with van der Waals surface area (Å²) in [5.41, 5.74) is -0.341. The molecule has 158 valence electrons. The Morgan fingerprint density at radius 2 is 1.73 bits per heavy atom. The van der Waals surface area contributed by atoms with E-state index in [1.807, 2.05) is 6.07 Å². The molecule has 0 unspecified atom stereocenters. The van der Waals surface area contributed by atoms with Crippen molar-refractivity contribution in [3.05, 3.63) is 65.7 Å². The summed E-state index contributed by atoms with van der Waals surface area (Å²) in [5.74, 6) is -0.928. The maximum absolute atomic E-state index is 13.6. The number of benzene rings is 2. The molecule has 0 aromatic heterocycles. The van der Waals surface area contributed by atoms with Crippen LogP contribution in [0.3, 0.4) is 0 Å². The SMILES string of the molecule is O=C(Cc1ccccc1)N=C1S[C@H]2CS(=O)(=O)C[C@@H]2N1c1ccccc1C(F)(F)F. The number of amidine groups is 1. The summed E-state index contributed by atoms with van der Waals surface area (Å²) in [4.78, 5) is 17.9. The lowest BCUT2D eigenvalue weighted by Gasteiger charge is -2.27. The number of aliphatic imine (C=N–C) groups is 1. The average molecular weight is 454 g/mol. The van der Waals surface area contributed by atoms with Gasteiger partial charge in [0.05, 0.1) is 35.2 Å². The average Bonchev–Trinajstić information content (AvgIpc) is 3.12. The zero-order chi connectivity index (χ0) is 21.5. The number of anilines is 1. The lowest BCUT2D eigenvalue weighted by Crippen LogP contribution is -2.39. The first-order valence-electron chi connectivity index (χ1n) is 9.12. The molecule has 30 heavy (non-hydrogen) atoms. The second kappa shape index (κ2) is 7.73. The van der Waals surface area contributed by atoms with Crippen LogP contribution in [0.15, 0.2) is 59.6 Å². The molecule has 1 amide bonds. The summed E-state index contributed by atoms with van der Waals surface area (Å²) in [6.45, 7) is 0. The number of rotatable bonds is 3. The quantitative estimate of drug-likeness (QED) is 0.710. The molecular weight excluding hydrogens is 437 g/mol. The molecule has 2 fully saturated rings. The number of fused-ring (bicyclic) bond motifs is 1. The van der Waals surface area contributed by atoms with E-state index in [0.29, 0.717) is 0 Å². The molecule has 2 aromatic carbocycles. The number of nitrogens with zero attached hydrogens (tertiary/aromatic N) is 2. The van der Waals surface area contributed by atoms with Gasteiger partial charge in [-0.15, -0.1) is 0 Å². The number of hydrogen-bond donors (Lipinski definition) is 0. The van der Waals surface area contributed by atoms with Crippen LogP contribution < -0.4 is 4.90 Å². The second-order valence-corrected chi connectivity index (χ2v) is 10.5. The van der Waals surface area contributed by atoms with Crippen molar-refractivity contribution in [1.82, 2.24) is 0 Å². The minimum atomic E-state index is -4.63. The van der Waals surface area contributed by atoms with Crippen LogP contribution in [-0.2, 0) is 27.2 Å². The first kappa shape index (κ1) is 20.9. The monoisotopic (exact) mass is 454 g/mol. The largest absolute Gasteiger partial charge is 0.418 e. The van der Waals surface area contributed by atoms with E-state index in [2.05, 4.69) is 4.99 Å². The Labute approximate surface area is 175 Å². The van der Waals surface area contributed by atoms with Gasteiger partial charge < -0.3 is 4.90 Å². The topological polar surface area (TPSA) is 66.8 Å². The van der Waals surface area contributed by atoms with Crippen molar-refractivity contribution in [2.45, 2.75) is 23.9 Å². The maximum Gasteiger partial charge on any atom is 0.418 e. The molecule has 2 aliphatic rings. The van der Waals surface area contributed by atoms with Gasteiger partial charge in [0, 0.05) is 5.25 Å². The van der Waals surface area contributed by atoms with Crippen LogP contribution in [-0.4, -0.2) is 42.3 Å². The second-order valence-electron chi connectivity index (χ2n) is 7.14. The van der Waals surface area contributed by atoms with Gasteiger partial charge in [0.15, 0.2) is 15.0 Å². The normalized spacial score (nSPS) is 24.2. The van der Waals surface area contributed by atoms with Crippen molar-refractivity contribution in [2.24, 2.45) is 4.99 Å². The summed E-state index contributed by atoms with van der Waals surface area (Å²) < 4.78 is 65.1. The van der Waals surface area contributed by atoms with E-state index in [0.717, 1.165) is 23.4 Å². The van der Waals surface area contributed by atoms with Gasteiger partial charge in [0.25, 0.3) is 5.91 Å². The molecular formula is C20H17F3N2O3S2. The van der Waals surface area contributed by atoms with E-state index < -0.39 is 38.8 Å². The predicted octanol–water partition coefficient (Wildman–Crippen LogP) is 3.55. The number of carbonyl (C=O) groups is 1. The first-order valence-corrected chi connectivity index (χ1v) is 11.8.